The molecule has 1 unspecified atom stereocenters. The van der Waals surface area contributed by atoms with E-state index in [1.807, 2.05) is 17.5 Å². The second-order valence-corrected chi connectivity index (χ2v) is 6.59. The van der Waals surface area contributed by atoms with Crippen LogP contribution >= 0.6 is 11.3 Å². The molecule has 2 rings (SSSR count). The van der Waals surface area contributed by atoms with Gasteiger partial charge < -0.3 is 5.32 Å². The summed E-state index contributed by atoms with van der Waals surface area (Å²) in [6.07, 6.45) is 3.33. The second-order valence-electron chi connectivity index (χ2n) is 5.45. The summed E-state index contributed by atoms with van der Waals surface area (Å²) in [5.41, 5.74) is 0.501. The van der Waals surface area contributed by atoms with Gasteiger partial charge >= 0.3 is 0 Å². The summed E-state index contributed by atoms with van der Waals surface area (Å²) in [7, 11) is 0. The topological polar surface area (TPSA) is 24.9 Å². The molecule has 1 atom stereocenters. The lowest BCUT2D eigenvalue weighted by molar-refractivity contribution is 0.593. The van der Waals surface area contributed by atoms with E-state index in [0.717, 1.165) is 12.5 Å². The Morgan fingerprint density at radius 2 is 2.27 bits per heavy atom. The van der Waals surface area contributed by atoms with Crippen LogP contribution in [0.4, 0.5) is 0 Å². The van der Waals surface area contributed by atoms with Crippen molar-refractivity contribution in [3.8, 4) is 0 Å². The molecule has 1 saturated carbocycles. The van der Waals surface area contributed by atoms with Crippen molar-refractivity contribution in [1.82, 2.24) is 10.3 Å². The number of rotatable bonds is 4. The predicted molar refractivity (Wildman–Crippen MR) is 65.2 cm³/mol. The minimum Gasteiger partial charge on any atom is -0.310 e. The first-order chi connectivity index (χ1) is 6.99. The van der Waals surface area contributed by atoms with Gasteiger partial charge in [-0.25, -0.2) is 4.98 Å². The fourth-order valence-electron chi connectivity index (χ4n) is 1.76. The predicted octanol–water partition coefficient (Wildman–Crippen LogP) is 3.15. The normalized spacial score (nSPS) is 23.4. The molecule has 1 N–H and O–H groups in total. The molecule has 84 valence electrons. The number of nitrogens with zero attached hydrogens (tertiary/aromatic N) is 1. The fraction of sp³-hybridized carbons (Fsp3) is 0.750. The van der Waals surface area contributed by atoms with Gasteiger partial charge in [0, 0.05) is 29.6 Å². The van der Waals surface area contributed by atoms with E-state index in [1.54, 1.807) is 0 Å². The Kier molecular flexibility index (Phi) is 2.86. The zero-order chi connectivity index (χ0) is 11.1. The summed E-state index contributed by atoms with van der Waals surface area (Å²) < 4.78 is 0. The van der Waals surface area contributed by atoms with E-state index in [9.17, 15) is 0 Å². The molecule has 0 bridgehead atoms. The van der Waals surface area contributed by atoms with Crippen LogP contribution in [0.2, 0.25) is 0 Å². The van der Waals surface area contributed by atoms with Gasteiger partial charge in [-0.3, -0.25) is 0 Å². The van der Waals surface area contributed by atoms with Crippen molar-refractivity contribution in [1.29, 1.82) is 0 Å². The summed E-state index contributed by atoms with van der Waals surface area (Å²) >= 11 is 1.87. The Balaban J connectivity index is 1.93. The van der Waals surface area contributed by atoms with Crippen molar-refractivity contribution in [3.05, 3.63) is 16.1 Å². The van der Waals surface area contributed by atoms with Gasteiger partial charge in [-0.15, -0.1) is 11.3 Å². The average Bonchev–Trinajstić information content (AvgIpc) is 2.63. The van der Waals surface area contributed by atoms with Crippen LogP contribution in [0.1, 0.15) is 49.9 Å². The maximum Gasteiger partial charge on any atom is 0.0964 e. The summed E-state index contributed by atoms with van der Waals surface area (Å²) in [4.78, 5) is 5.89. The van der Waals surface area contributed by atoms with E-state index >= 15 is 0 Å². The third-order valence-electron chi connectivity index (χ3n) is 3.07. The first kappa shape index (κ1) is 11.1. The van der Waals surface area contributed by atoms with Gasteiger partial charge in [0.2, 0.25) is 0 Å². The smallest absolute Gasteiger partial charge is 0.0964 e. The highest BCUT2D eigenvalue weighted by molar-refractivity contribution is 7.11. The van der Waals surface area contributed by atoms with Crippen molar-refractivity contribution in [2.24, 2.45) is 5.41 Å². The van der Waals surface area contributed by atoms with Crippen LogP contribution in [0, 0.1) is 5.41 Å². The second kappa shape index (κ2) is 3.87. The first-order valence-corrected chi connectivity index (χ1v) is 6.48. The Bertz CT molecular complexity index is 341. The SMILES string of the molecule is CC(C)NCc1cnc(C2CC2(C)C)s1. The van der Waals surface area contributed by atoms with Gasteiger partial charge in [-0.1, -0.05) is 27.7 Å². The van der Waals surface area contributed by atoms with Crippen molar-refractivity contribution in [2.45, 2.75) is 52.6 Å². The van der Waals surface area contributed by atoms with Crippen molar-refractivity contribution in [3.63, 3.8) is 0 Å². The van der Waals surface area contributed by atoms with Crippen LogP contribution in [-0.4, -0.2) is 11.0 Å². The monoisotopic (exact) mass is 224 g/mol. The number of aromatic nitrogens is 1. The highest BCUT2D eigenvalue weighted by atomic mass is 32.1. The zero-order valence-electron chi connectivity index (χ0n) is 10.0. The summed E-state index contributed by atoms with van der Waals surface area (Å²) in [6.45, 7) is 9.95. The van der Waals surface area contributed by atoms with E-state index in [-0.39, 0.29) is 0 Å². The Morgan fingerprint density at radius 1 is 1.60 bits per heavy atom. The molecule has 15 heavy (non-hydrogen) atoms. The molecule has 0 radical (unpaired) electrons. The molecule has 1 heterocycles. The van der Waals surface area contributed by atoms with E-state index in [0.29, 0.717) is 11.5 Å². The molecule has 1 aromatic rings. The number of nitrogens with one attached hydrogen (secondary N) is 1. The minimum absolute atomic E-state index is 0.501. The highest BCUT2D eigenvalue weighted by Crippen LogP contribution is 2.59. The number of hydrogen-bond acceptors (Lipinski definition) is 3. The first-order valence-electron chi connectivity index (χ1n) is 5.67. The largest absolute Gasteiger partial charge is 0.310 e. The molecule has 0 aliphatic heterocycles. The lowest BCUT2D eigenvalue weighted by Gasteiger charge is -2.04. The molecule has 0 saturated heterocycles. The van der Waals surface area contributed by atoms with Crippen LogP contribution in [0.25, 0.3) is 0 Å². The van der Waals surface area contributed by atoms with Gasteiger partial charge in [-0.2, -0.15) is 0 Å². The summed E-state index contributed by atoms with van der Waals surface area (Å²) in [5.74, 6) is 0.718. The van der Waals surface area contributed by atoms with E-state index < -0.39 is 0 Å². The van der Waals surface area contributed by atoms with E-state index in [2.05, 4.69) is 38.0 Å². The average molecular weight is 224 g/mol. The molecule has 2 nitrogen and oxygen atoms in total. The van der Waals surface area contributed by atoms with Crippen molar-refractivity contribution >= 4 is 11.3 Å². The minimum atomic E-state index is 0.501. The van der Waals surface area contributed by atoms with Crippen molar-refractivity contribution in [2.75, 3.05) is 0 Å². The number of thiazole rings is 1. The Labute approximate surface area is 96.1 Å². The van der Waals surface area contributed by atoms with Crippen LogP contribution in [-0.2, 0) is 6.54 Å². The van der Waals surface area contributed by atoms with Crippen LogP contribution in [0.15, 0.2) is 6.20 Å². The van der Waals surface area contributed by atoms with Gasteiger partial charge in [0.05, 0.1) is 5.01 Å². The lowest BCUT2D eigenvalue weighted by atomic mass is 10.1. The van der Waals surface area contributed by atoms with Gasteiger partial charge in [0.15, 0.2) is 0 Å². The molecular formula is C12H20N2S. The molecule has 1 aliphatic carbocycles. The number of hydrogen-bond donors (Lipinski definition) is 1. The molecule has 0 amide bonds. The third kappa shape index (κ3) is 2.58. The Hall–Kier alpha value is -0.410. The molecule has 0 spiro atoms. The third-order valence-corrected chi connectivity index (χ3v) is 4.18. The van der Waals surface area contributed by atoms with Crippen LogP contribution in [0.3, 0.4) is 0 Å². The summed E-state index contributed by atoms with van der Waals surface area (Å²) in [6, 6.07) is 0.549. The van der Waals surface area contributed by atoms with Crippen LogP contribution < -0.4 is 5.32 Å². The summed E-state index contributed by atoms with van der Waals surface area (Å²) in [5, 5.41) is 4.76. The standard InChI is InChI=1S/C12H20N2S/c1-8(2)13-6-9-7-14-11(15-9)10-5-12(10,3)4/h7-8,10,13H,5-6H2,1-4H3. The fourth-order valence-corrected chi connectivity index (χ4v) is 2.94. The molecule has 1 aromatic heterocycles. The lowest BCUT2D eigenvalue weighted by Crippen LogP contribution is -2.21. The van der Waals surface area contributed by atoms with Crippen molar-refractivity contribution < 1.29 is 0 Å². The zero-order valence-corrected chi connectivity index (χ0v) is 10.8. The molecule has 1 aliphatic rings. The van der Waals surface area contributed by atoms with Gasteiger partial charge in [-0.05, 0) is 11.8 Å². The quantitative estimate of drug-likeness (QED) is 0.850. The molecular weight excluding hydrogens is 204 g/mol. The van der Waals surface area contributed by atoms with Gasteiger partial charge in [0.25, 0.3) is 0 Å². The maximum absolute atomic E-state index is 4.53. The van der Waals surface area contributed by atoms with E-state index in [4.69, 9.17) is 0 Å². The Morgan fingerprint density at radius 3 is 2.80 bits per heavy atom. The van der Waals surface area contributed by atoms with Crippen LogP contribution in [0.5, 0.6) is 0 Å². The van der Waals surface area contributed by atoms with E-state index in [1.165, 1.54) is 16.3 Å². The molecule has 3 heteroatoms. The highest BCUT2D eigenvalue weighted by Gasteiger charge is 2.48. The molecule has 0 aromatic carbocycles. The molecule has 1 fully saturated rings. The maximum atomic E-state index is 4.53. The van der Waals surface area contributed by atoms with Gasteiger partial charge in [0.1, 0.15) is 0 Å².